The van der Waals surface area contributed by atoms with E-state index in [4.69, 9.17) is 9.47 Å². The van der Waals surface area contributed by atoms with Gasteiger partial charge in [-0.2, -0.15) is 5.10 Å². The number of carbonyl (C=O) groups is 1. The summed E-state index contributed by atoms with van der Waals surface area (Å²) in [4.78, 5) is 12.7. The van der Waals surface area contributed by atoms with Gasteiger partial charge in [0.15, 0.2) is 5.78 Å². The summed E-state index contributed by atoms with van der Waals surface area (Å²) in [6.07, 6.45) is 3.40. The third kappa shape index (κ3) is 5.09. The maximum atomic E-state index is 12.7. The number of nitrogens with zero attached hydrogens (tertiary/aromatic N) is 2. The van der Waals surface area contributed by atoms with E-state index in [1.807, 2.05) is 75.5 Å². The lowest BCUT2D eigenvalue weighted by Crippen LogP contribution is -2.00. The van der Waals surface area contributed by atoms with Crippen LogP contribution in [0.3, 0.4) is 0 Å². The third-order valence-corrected chi connectivity index (χ3v) is 5.84. The molecule has 0 spiro atoms. The molecule has 0 fully saturated rings. The van der Waals surface area contributed by atoms with E-state index >= 15 is 0 Å². The lowest BCUT2D eigenvalue weighted by atomic mass is 10.1. The molecule has 0 radical (unpaired) electrons. The van der Waals surface area contributed by atoms with E-state index in [1.54, 1.807) is 17.9 Å². The molecule has 0 saturated heterocycles. The van der Waals surface area contributed by atoms with Crippen LogP contribution in [-0.2, 0) is 13.7 Å². The molecule has 0 aliphatic rings. The van der Waals surface area contributed by atoms with Gasteiger partial charge in [-0.25, -0.2) is 0 Å². The molecule has 1 heterocycles. The van der Waals surface area contributed by atoms with Gasteiger partial charge in [0.2, 0.25) is 0 Å². The van der Waals surface area contributed by atoms with E-state index in [9.17, 15) is 4.79 Å². The number of methoxy groups -OCH3 is 1. The van der Waals surface area contributed by atoms with Crippen molar-refractivity contribution in [2.24, 2.45) is 7.05 Å². The fourth-order valence-electron chi connectivity index (χ4n) is 3.94. The van der Waals surface area contributed by atoms with Crippen molar-refractivity contribution >= 4 is 11.9 Å². The predicted octanol–water partition coefficient (Wildman–Crippen LogP) is 6.19. The zero-order valence-corrected chi connectivity index (χ0v) is 19.9. The summed E-state index contributed by atoms with van der Waals surface area (Å²) in [6, 6.07) is 24.1. The summed E-state index contributed by atoms with van der Waals surface area (Å²) in [7, 11) is 3.48. The second-order valence-electron chi connectivity index (χ2n) is 8.12. The van der Waals surface area contributed by atoms with Crippen LogP contribution in [0.25, 0.3) is 17.2 Å². The van der Waals surface area contributed by atoms with Crippen LogP contribution in [0, 0.1) is 13.8 Å². The van der Waals surface area contributed by atoms with E-state index in [0.29, 0.717) is 12.2 Å². The monoisotopic (exact) mass is 452 g/mol. The normalized spacial score (nSPS) is 11.1. The molecule has 0 aliphatic heterocycles. The molecule has 0 atom stereocenters. The molecule has 0 amide bonds. The second kappa shape index (κ2) is 10.2. The lowest BCUT2D eigenvalue weighted by molar-refractivity contribution is 0.104. The average Bonchev–Trinajstić information content (AvgIpc) is 3.13. The average molecular weight is 453 g/mol. The highest BCUT2D eigenvalue weighted by molar-refractivity contribution is 6.08. The molecule has 34 heavy (non-hydrogen) atoms. The highest BCUT2D eigenvalue weighted by atomic mass is 16.5. The van der Waals surface area contributed by atoms with Gasteiger partial charge < -0.3 is 9.47 Å². The number of allylic oxidation sites excluding steroid dienone is 1. The Morgan fingerprint density at radius 2 is 1.68 bits per heavy atom. The quantitative estimate of drug-likeness (QED) is 0.236. The second-order valence-corrected chi connectivity index (χ2v) is 8.12. The third-order valence-electron chi connectivity index (χ3n) is 5.84. The van der Waals surface area contributed by atoms with Gasteiger partial charge in [0.05, 0.1) is 18.4 Å². The molecule has 3 aromatic carbocycles. The summed E-state index contributed by atoms with van der Waals surface area (Å²) in [6.45, 7) is 4.10. The van der Waals surface area contributed by atoms with Gasteiger partial charge in [0.1, 0.15) is 18.1 Å². The van der Waals surface area contributed by atoms with Crippen molar-refractivity contribution in [2.45, 2.75) is 20.5 Å². The Kier molecular flexibility index (Phi) is 6.93. The van der Waals surface area contributed by atoms with Crippen LogP contribution in [0.15, 0.2) is 78.9 Å². The summed E-state index contributed by atoms with van der Waals surface area (Å²) < 4.78 is 13.3. The molecule has 172 valence electrons. The standard InChI is InChI=1S/C29H28N2O3/c1-20-29(21(2)31(3)30-20)27(32)16-10-22-11-17-28(33-4)25(18-22)19-34-26-14-12-24(13-15-26)23-8-6-5-7-9-23/h5-18H,19H2,1-4H3/b16-10+. The van der Waals surface area contributed by atoms with Crippen LogP contribution in [0.5, 0.6) is 11.5 Å². The molecule has 0 aliphatic carbocycles. The highest BCUT2D eigenvalue weighted by Crippen LogP contribution is 2.25. The fraction of sp³-hybridized carbons (Fsp3) is 0.172. The number of carbonyl (C=O) groups excluding carboxylic acids is 1. The van der Waals surface area contributed by atoms with Crippen LogP contribution >= 0.6 is 0 Å². The summed E-state index contributed by atoms with van der Waals surface area (Å²) in [5.74, 6) is 1.46. The van der Waals surface area contributed by atoms with E-state index in [2.05, 4.69) is 29.4 Å². The van der Waals surface area contributed by atoms with Gasteiger partial charge in [-0.1, -0.05) is 54.6 Å². The Labute approximate surface area is 200 Å². The molecule has 5 nitrogen and oxygen atoms in total. The molecule has 0 unspecified atom stereocenters. The van der Waals surface area contributed by atoms with Crippen molar-refractivity contribution in [3.63, 3.8) is 0 Å². The Morgan fingerprint density at radius 1 is 0.971 bits per heavy atom. The van der Waals surface area contributed by atoms with E-state index < -0.39 is 0 Å². The van der Waals surface area contributed by atoms with Crippen LogP contribution in [0.4, 0.5) is 0 Å². The summed E-state index contributed by atoms with van der Waals surface area (Å²) in [5, 5.41) is 4.33. The van der Waals surface area contributed by atoms with Crippen LogP contribution in [-0.4, -0.2) is 22.7 Å². The van der Waals surface area contributed by atoms with Gasteiger partial charge in [-0.3, -0.25) is 9.48 Å². The number of rotatable bonds is 8. The van der Waals surface area contributed by atoms with Crippen LogP contribution < -0.4 is 9.47 Å². The minimum absolute atomic E-state index is 0.0600. The molecular weight excluding hydrogens is 424 g/mol. The Morgan fingerprint density at radius 3 is 2.32 bits per heavy atom. The number of aromatic nitrogens is 2. The highest BCUT2D eigenvalue weighted by Gasteiger charge is 2.15. The molecule has 1 aromatic heterocycles. The molecule has 4 aromatic rings. The maximum absolute atomic E-state index is 12.7. The molecule has 0 N–H and O–H groups in total. The number of ketones is 1. The van der Waals surface area contributed by atoms with Crippen molar-refractivity contribution in [2.75, 3.05) is 7.11 Å². The van der Waals surface area contributed by atoms with Crippen molar-refractivity contribution < 1.29 is 14.3 Å². The smallest absolute Gasteiger partial charge is 0.189 e. The first-order chi connectivity index (χ1) is 16.5. The number of aryl methyl sites for hydroxylation is 2. The predicted molar refractivity (Wildman–Crippen MR) is 135 cm³/mol. The lowest BCUT2D eigenvalue weighted by Gasteiger charge is -2.12. The van der Waals surface area contributed by atoms with Gasteiger partial charge >= 0.3 is 0 Å². The Bertz CT molecular complexity index is 1320. The minimum Gasteiger partial charge on any atom is -0.496 e. The molecular formula is C29H28N2O3. The van der Waals surface area contributed by atoms with Crippen molar-refractivity contribution in [3.05, 3.63) is 107 Å². The van der Waals surface area contributed by atoms with Gasteiger partial charge in [0, 0.05) is 18.3 Å². The van der Waals surface area contributed by atoms with E-state index in [0.717, 1.165) is 39.6 Å². The number of hydrogen-bond acceptors (Lipinski definition) is 4. The summed E-state index contributed by atoms with van der Waals surface area (Å²) >= 11 is 0. The first kappa shape index (κ1) is 23.1. The van der Waals surface area contributed by atoms with Crippen LogP contribution in [0.2, 0.25) is 0 Å². The first-order valence-electron chi connectivity index (χ1n) is 11.1. The minimum atomic E-state index is -0.0600. The van der Waals surface area contributed by atoms with Gasteiger partial charge in [-0.05, 0) is 60.9 Å². The zero-order valence-electron chi connectivity index (χ0n) is 19.9. The van der Waals surface area contributed by atoms with E-state index in [1.165, 1.54) is 5.56 Å². The van der Waals surface area contributed by atoms with E-state index in [-0.39, 0.29) is 5.78 Å². The molecule has 5 heteroatoms. The maximum Gasteiger partial charge on any atom is 0.189 e. The summed E-state index contributed by atoms with van der Waals surface area (Å²) in [5.41, 5.74) is 6.34. The SMILES string of the molecule is COc1ccc(/C=C/C(=O)c2c(C)nn(C)c2C)cc1COc1ccc(-c2ccccc2)cc1. The number of hydrogen-bond donors (Lipinski definition) is 0. The van der Waals surface area contributed by atoms with Crippen LogP contribution in [0.1, 0.15) is 32.9 Å². The Hall–Kier alpha value is -4.12. The van der Waals surface area contributed by atoms with Gasteiger partial charge in [0.25, 0.3) is 0 Å². The number of ether oxygens (including phenoxy) is 2. The largest absolute Gasteiger partial charge is 0.496 e. The van der Waals surface area contributed by atoms with Gasteiger partial charge in [-0.15, -0.1) is 0 Å². The molecule has 0 bridgehead atoms. The van der Waals surface area contributed by atoms with Crippen molar-refractivity contribution in [1.29, 1.82) is 0 Å². The fourth-order valence-corrected chi connectivity index (χ4v) is 3.94. The molecule has 0 saturated carbocycles. The van der Waals surface area contributed by atoms with Crippen molar-refractivity contribution in [1.82, 2.24) is 9.78 Å². The first-order valence-corrected chi connectivity index (χ1v) is 11.1. The Balaban J connectivity index is 1.47. The molecule has 4 rings (SSSR count). The topological polar surface area (TPSA) is 53.3 Å². The van der Waals surface area contributed by atoms with Crippen molar-refractivity contribution in [3.8, 4) is 22.6 Å². The zero-order chi connectivity index (χ0) is 24.1. The number of benzene rings is 3.